The van der Waals surface area contributed by atoms with Crippen LogP contribution < -0.4 is 10.1 Å². The Labute approximate surface area is 184 Å². The lowest BCUT2D eigenvalue weighted by molar-refractivity contribution is 0.0832. The summed E-state index contributed by atoms with van der Waals surface area (Å²) in [5, 5.41) is 3.10. The summed E-state index contributed by atoms with van der Waals surface area (Å²) in [6, 6.07) is 12.3. The summed E-state index contributed by atoms with van der Waals surface area (Å²) in [4.78, 5) is 13.1. The van der Waals surface area contributed by atoms with Crippen LogP contribution in [0.3, 0.4) is 0 Å². The number of carbonyl (C=O) groups is 1. The van der Waals surface area contributed by atoms with Gasteiger partial charge in [-0.1, -0.05) is 23.8 Å². The number of hydrogen-bond donors (Lipinski definition) is 1. The van der Waals surface area contributed by atoms with Crippen molar-refractivity contribution in [2.24, 2.45) is 11.8 Å². The van der Waals surface area contributed by atoms with Crippen LogP contribution in [0.2, 0.25) is 0 Å². The standard InChI is InChI=1S/C24H28N2O4S/c1-4-5-17-12-18(8-11-23(17)30-3)24(27)25-22-13-19-14-26(15-21(19)22)31(28,29)20-9-6-16(2)7-10-20/h4,6-12,19,21-22H,1,5,13-15H2,2-3H3,(H,25,27)/t19-,21+,22+/m1/s1. The number of benzene rings is 2. The minimum absolute atomic E-state index is 0.0133. The van der Waals surface area contributed by atoms with E-state index in [4.69, 9.17) is 4.74 Å². The van der Waals surface area contributed by atoms with Gasteiger partial charge in [0.25, 0.3) is 5.91 Å². The second kappa shape index (κ2) is 8.48. The lowest BCUT2D eigenvalue weighted by Gasteiger charge is -2.39. The number of aryl methyl sites for hydroxylation is 1. The van der Waals surface area contributed by atoms with E-state index in [0.717, 1.165) is 23.3 Å². The molecule has 164 valence electrons. The Balaban J connectivity index is 1.42. The molecule has 1 N–H and O–H groups in total. The molecule has 1 amide bonds. The van der Waals surface area contributed by atoms with Crippen LogP contribution in [0.1, 0.15) is 27.9 Å². The smallest absolute Gasteiger partial charge is 0.251 e. The molecule has 0 radical (unpaired) electrons. The van der Waals surface area contributed by atoms with Crippen molar-refractivity contribution < 1.29 is 17.9 Å². The molecule has 3 atom stereocenters. The summed E-state index contributed by atoms with van der Waals surface area (Å²) in [5.41, 5.74) is 2.51. The quantitative estimate of drug-likeness (QED) is 0.671. The van der Waals surface area contributed by atoms with E-state index in [1.165, 1.54) is 0 Å². The van der Waals surface area contributed by atoms with Gasteiger partial charge >= 0.3 is 0 Å². The van der Waals surface area contributed by atoms with Gasteiger partial charge in [-0.05, 0) is 67.5 Å². The maximum Gasteiger partial charge on any atom is 0.251 e. The first-order valence-corrected chi connectivity index (χ1v) is 11.9. The van der Waals surface area contributed by atoms with Crippen LogP contribution in [0.5, 0.6) is 5.75 Å². The van der Waals surface area contributed by atoms with Gasteiger partial charge in [0.1, 0.15) is 5.75 Å². The fourth-order valence-electron chi connectivity index (χ4n) is 4.57. The Bertz CT molecular complexity index is 1100. The number of methoxy groups -OCH3 is 1. The molecule has 0 unspecified atom stereocenters. The Morgan fingerprint density at radius 3 is 2.65 bits per heavy atom. The summed E-state index contributed by atoms with van der Waals surface area (Å²) >= 11 is 0. The van der Waals surface area contributed by atoms with Crippen molar-refractivity contribution >= 4 is 15.9 Å². The second-order valence-electron chi connectivity index (χ2n) is 8.39. The number of carbonyl (C=O) groups excluding carboxylic acids is 1. The number of hydrogen-bond acceptors (Lipinski definition) is 4. The van der Waals surface area contributed by atoms with Crippen LogP contribution >= 0.6 is 0 Å². The van der Waals surface area contributed by atoms with Gasteiger partial charge in [-0.15, -0.1) is 6.58 Å². The van der Waals surface area contributed by atoms with E-state index < -0.39 is 10.0 Å². The molecule has 1 heterocycles. The van der Waals surface area contributed by atoms with Gasteiger partial charge in [-0.2, -0.15) is 4.31 Å². The number of sulfonamides is 1. The normalized spacial score (nSPS) is 23.0. The van der Waals surface area contributed by atoms with E-state index in [9.17, 15) is 13.2 Å². The predicted octanol–water partition coefficient (Wildman–Crippen LogP) is 3.17. The summed E-state index contributed by atoms with van der Waals surface area (Å²) in [6.07, 6.45) is 3.19. The van der Waals surface area contributed by atoms with E-state index in [0.29, 0.717) is 30.0 Å². The monoisotopic (exact) mass is 440 g/mol. The van der Waals surface area contributed by atoms with Crippen molar-refractivity contribution in [3.05, 3.63) is 71.8 Å². The molecule has 4 rings (SSSR count). The molecule has 0 bridgehead atoms. The highest BCUT2D eigenvalue weighted by Gasteiger charge is 2.50. The molecule has 1 saturated heterocycles. The SMILES string of the molecule is C=CCc1cc(C(=O)N[C@H]2C[C@@H]3CN(S(=O)(=O)c4ccc(C)cc4)C[C@@H]32)ccc1OC. The zero-order valence-electron chi connectivity index (χ0n) is 17.9. The van der Waals surface area contributed by atoms with Gasteiger partial charge in [-0.3, -0.25) is 4.79 Å². The number of rotatable bonds is 7. The fraction of sp³-hybridized carbons (Fsp3) is 0.375. The third-order valence-corrected chi connectivity index (χ3v) is 8.26. The number of ether oxygens (including phenoxy) is 1. The number of nitrogens with zero attached hydrogens (tertiary/aromatic N) is 1. The number of amides is 1. The molecule has 1 saturated carbocycles. The van der Waals surface area contributed by atoms with Gasteiger partial charge < -0.3 is 10.1 Å². The first kappa shape index (κ1) is 21.6. The van der Waals surface area contributed by atoms with E-state index in [1.54, 1.807) is 41.8 Å². The summed E-state index contributed by atoms with van der Waals surface area (Å²) in [7, 11) is -1.90. The molecule has 1 aliphatic heterocycles. The van der Waals surface area contributed by atoms with Crippen molar-refractivity contribution in [1.29, 1.82) is 0 Å². The molecular weight excluding hydrogens is 412 g/mol. The molecule has 2 aliphatic rings. The fourth-order valence-corrected chi connectivity index (χ4v) is 6.11. The van der Waals surface area contributed by atoms with Crippen LogP contribution in [0.15, 0.2) is 60.0 Å². The van der Waals surface area contributed by atoms with Crippen molar-refractivity contribution in [1.82, 2.24) is 9.62 Å². The van der Waals surface area contributed by atoms with Crippen molar-refractivity contribution in [2.75, 3.05) is 20.2 Å². The Morgan fingerprint density at radius 1 is 1.23 bits per heavy atom. The molecule has 6 nitrogen and oxygen atoms in total. The topological polar surface area (TPSA) is 75.7 Å². The van der Waals surface area contributed by atoms with Crippen molar-refractivity contribution in [3.63, 3.8) is 0 Å². The number of allylic oxidation sites excluding steroid dienone is 1. The molecule has 2 fully saturated rings. The first-order valence-electron chi connectivity index (χ1n) is 10.5. The van der Waals surface area contributed by atoms with Crippen LogP contribution in [0, 0.1) is 18.8 Å². The third-order valence-electron chi connectivity index (χ3n) is 6.41. The minimum atomic E-state index is -3.51. The van der Waals surface area contributed by atoms with Gasteiger partial charge in [0, 0.05) is 24.7 Å². The van der Waals surface area contributed by atoms with E-state index in [2.05, 4.69) is 11.9 Å². The maximum absolute atomic E-state index is 13.0. The van der Waals surface area contributed by atoms with Gasteiger partial charge in [0.2, 0.25) is 10.0 Å². The molecule has 0 aromatic heterocycles. The molecular formula is C24H28N2O4S. The second-order valence-corrected chi connectivity index (χ2v) is 10.3. The first-order chi connectivity index (χ1) is 14.8. The van der Waals surface area contributed by atoms with E-state index in [1.807, 2.05) is 25.1 Å². The lowest BCUT2D eigenvalue weighted by atomic mass is 9.71. The average Bonchev–Trinajstić information content (AvgIpc) is 3.10. The highest BCUT2D eigenvalue weighted by molar-refractivity contribution is 7.89. The van der Waals surface area contributed by atoms with Crippen molar-refractivity contribution in [2.45, 2.75) is 30.7 Å². The number of nitrogens with one attached hydrogen (secondary N) is 1. The summed E-state index contributed by atoms with van der Waals surface area (Å²) in [5.74, 6) is 1.02. The molecule has 0 spiro atoms. The molecule has 2 aromatic carbocycles. The zero-order chi connectivity index (χ0) is 22.2. The van der Waals surface area contributed by atoms with Crippen LogP contribution in [-0.2, 0) is 16.4 Å². The maximum atomic E-state index is 13.0. The van der Waals surface area contributed by atoms with Crippen LogP contribution in [0.4, 0.5) is 0 Å². The van der Waals surface area contributed by atoms with Gasteiger partial charge in [0.15, 0.2) is 0 Å². The Morgan fingerprint density at radius 2 is 1.97 bits per heavy atom. The van der Waals surface area contributed by atoms with Crippen LogP contribution in [0.25, 0.3) is 0 Å². The van der Waals surface area contributed by atoms with Crippen molar-refractivity contribution in [3.8, 4) is 5.75 Å². The molecule has 1 aliphatic carbocycles. The van der Waals surface area contributed by atoms with E-state index >= 15 is 0 Å². The average molecular weight is 441 g/mol. The Hall–Kier alpha value is -2.64. The largest absolute Gasteiger partial charge is 0.496 e. The third kappa shape index (κ3) is 4.12. The molecule has 7 heteroatoms. The summed E-state index contributed by atoms with van der Waals surface area (Å²) in [6.45, 7) is 6.64. The minimum Gasteiger partial charge on any atom is -0.496 e. The molecule has 2 aromatic rings. The molecule has 31 heavy (non-hydrogen) atoms. The van der Waals surface area contributed by atoms with Gasteiger partial charge in [-0.25, -0.2) is 8.42 Å². The predicted molar refractivity (Wildman–Crippen MR) is 120 cm³/mol. The van der Waals surface area contributed by atoms with Crippen LogP contribution in [-0.4, -0.2) is 44.9 Å². The van der Waals surface area contributed by atoms with E-state index in [-0.39, 0.29) is 23.8 Å². The van der Waals surface area contributed by atoms with Gasteiger partial charge in [0.05, 0.1) is 12.0 Å². The number of fused-ring (bicyclic) bond motifs is 1. The lowest BCUT2D eigenvalue weighted by Crippen LogP contribution is -2.52. The highest BCUT2D eigenvalue weighted by atomic mass is 32.2. The Kier molecular flexibility index (Phi) is 5.90. The zero-order valence-corrected chi connectivity index (χ0v) is 18.7. The summed E-state index contributed by atoms with van der Waals surface area (Å²) < 4.78 is 32.9. The highest BCUT2D eigenvalue weighted by Crippen LogP contribution is 2.42.